The molecule has 7 heteroatoms. The predicted molar refractivity (Wildman–Crippen MR) is 126 cm³/mol. The average Bonchev–Trinajstić information content (AvgIpc) is 3.34. The maximum Gasteiger partial charge on any atom is 0.241 e. The summed E-state index contributed by atoms with van der Waals surface area (Å²) in [5.41, 5.74) is 1.67. The van der Waals surface area contributed by atoms with Crippen molar-refractivity contribution in [3.05, 3.63) is 77.4 Å². The molecule has 2 aromatic rings. The van der Waals surface area contributed by atoms with Gasteiger partial charge in [-0.15, -0.1) is 0 Å². The van der Waals surface area contributed by atoms with E-state index in [1.165, 1.54) is 6.07 Å². The minimum atomic E-state index is -0.517. The third kappa shape index (κ3) is 4.75. The Labute approximate surface area is 198 Å². The summed E-state index contributed by atoms with van der Waals surface area (Å²) in [6.07, 6.45) is 5.76. The Morgan fingerprint density at radius 2 is 1.76 bits per heavy atom. The van der Waals surface area contributed by atoms with Crippen molar-refractivity contribution < 1.29 is 18.4 Å². The molecule has 0 bridgehead atoms. The zero-order valence-electron chi connectivity index (χ0n) is 19.1. The number of amides is 2. The summed E-state index contributed by atoms with van der Waals surface area (Å²) in [6.45, 7) is 1.87. The molecule has 0 spiro atoms. The maximum atomic E-state index is 14.6. The highest BCUT2D eigenvalue weighted by Gasteiger charge is 2.42. The Kier molecular flexibility index (Phi) is 6.46. The lowest BCUT2D eigenvalue weighted by molar-refractivity contribution is -0.135. The van der Waals surface area contributed by atoms with Crippen molar-refractivity contribution in [2.75, 3.05) is 26.2 Å². The molecule has 2 atom stereocenters. The van der Waals surface area contributed by atoms with E-state index in [9.17, 15) is 18.4 Å². The summed E-state index contributed by atoms with van der Waals surface area (Å²) in [5.74, 6) is -0.922. The third-order valence-corrected chi connectivity index (χ3v) is 7.03. The molecule has 0 aromatic heterocycles. The lowest BCUT2D eigenvalue weighted by Gasteiger charge is -2.30. The van der Waals surface area contributed by atoms with E-state index in [1.807, 2.05) is 41.3 Å². The Morgan fingerprint density at radius 1 is 1.03 bits per heavy atom. The number of carbonyl (C=O) groups excluding carboxylic acids is 2. The SMILES string of the molecule is O=C(CN[C@H](C(=O)N1CC(c2cc(F)ccc2F)=C[C@H]1c1ccccc1)C1CC1)N1CCCC1. The van der Waals surface area contributed by atoms with Crippen molar-refractivity contribution >= 4 is 17.4 Å². The molecule has 0 radical (unpaired) electrons. The fourth-order valence-electron chi connectivity index (χ4n) is 5.01. The van der Waals surface area contributed by atoms with Gasteiger partial charge >= 0.3 is 0 Å². The van der Waals surface area contributed by atoms with E-state index in [-0.39, 0.29) is 42.4 Å². The van der Waals surface area contributed by atoms with E-state index in [0.29, 0.717) is 5.57 Å². The zero-order valence-corrected chi connectivity index (χ0v) is 19.1. The normalized spacial score (nSPS) is 21.0. The van der Waals surface area contributed by atoms with Crippen molar-refractivity contribution in [1.29, 1.82) is 0 Å². The smallest absolute Gasteiger partial charge is 0.241 e. The predicted octanol–water partition coefficient (Wildman–Crippen LogP) is 3.92. The van der Waals surface area contributed by atoms with Gasteiger partial charge < -0.3 is 9.80 Å². The summed E-state index contributed by atoms with van der Waals surface area (Å²) in [4.78, 5) is 30.0. The van der Waals surface area contributed by atoms with E-state index in [4.69, 9.17) is 0 Å². The molecule has 5 rings (SSSR count). The molecule has 178 valence electrons. The second-order valence-corrected chi connectivity index (χ2v) is 9.42. The third-order valence-electron chi connectivity index (χ3n) is 7.03. The van der Waals surface area contributed by atoms with Gasteiger partial charge in [0.25, 0.3) is 0 Å². The summed E-state index contributed by atoms with van der Waals surface area (Å²) >= 11 is 0. The van der Waals surface area contributed by atoms with Crippen molar-refractivity contribution in [1.82, 2.24) is 15.1 Å². The van der Waals surface area contributed by atoms with Crippen LogP contribution in [-0.4, -0.2) is 53.8 Å². The molecule has 1 saturated carbocycles. The molecular formula is C27H29F2N3O2. The fraction of sp³-hybridized carbons (Fsp3) is 0.407. The summed E-state index contributed by atoms with van der Waals surface area (Å²) in [6, 6.07) is 12.1. The quantitative estimate of drug-likeness (QED) is 0.675. The van der Waals surface area contributed by atoms with Gasteiger partial charge in [0, 0.05) is 25.2 Å². The van der Waals surface area contributed by atoms with Gasteiger partial charge in [-0.1, -0.05) is 36.4 Å². The van der Waals surface area contributed by atoms with Gasteiger partial charge in [0.05, 0.1) is 18.6 Å². The van der Waals surface area contributed by atoms with Crippen molar-refractivity contribution in [2.24, 2.45) is 5.92 Å². The first-order valence-electron chi connectivity index (χ1n) is 12.0. The molecule has 0 unspecified atom stereocenters. The first-order valence-corrected chi connectivity index (χ1v) is 12.0. The van der Waals surface area contributed by atoms with Crippen LogP contribution in [0.4, 0.5) is 8.78 Å². The Balaban J connectivity index is 1.39. The molecule has 1 aliphatic carbocycles. The van der Waals surface area contributed by atoms with Crippen LogP contribution in [-0.2, 0) is 9.59 Å². The van der Waals surface area contributed by atoms with Crippen LogP contribution in [0.1, 0.15) is 42.9 Å². The second-order valence-electron chi connectivity index (χ2n) is 9.42. The van der Waals surface area contributed by atoms with Crippen molar-refractivity contribution in [3.8, 4) is 0 Å². The van der Waals surface area contributed by atoms with Gasteiger partial charge in [-0.05, 0) is 60.9 Å². The van der Waals surface area contributed by atoms with Crippen LogP contribution >= 0.6 is 0 Å². The van der Waals surface area contributed by atoms with Crippen LogP contribution in [0.5, 0.6) is 0 Å². The first kappa shape index (κ1) is 22.7. The van der Waals surface area contributed by atoms with Crippen LogP contribution in [0.25, 0.3) is 5.57 Å². The van der Waals surface area contributed by atoms with Crippen LogP contribution in [0.15, 0.2) is 54.6 Å². The van der Waals surface area contributed by atoms with Crippen LogP contribution < -0.4 is 5.32 Å². The van der Waals surface area contributed by atoms with Crippen LogP contribution in [0.3, 0.4) is 0 Å². The average molecular weight is 466 g/mol. The molecule has 34 heavy (non-hydrogen) atoms. The topological polar surface area (TPSA) is 52.7 Å². The van der Waals surface area contributed by atoms with E-state index >= 15 is 0 Å². The lowest BCUT2D eigenvalue weighted by atomic mass is 10.0. The van der Waals surface area contributed by atoms with Gasteiger partial charge in [-0.2, -0.15) is 0 Å². The number of hydrogen-bond donors (Lipinski definition) is 1. The van der Waals surface area contributed by atoms with Gasteiger partial charge in [0.15, 0.2) is 0 Å². The van der Waals surface area contributed by atoms with Gasteiger partial charge in [0.2, 0.25) is 11.8 Å². The number of nitrogens with one attached hydrogen (secondary N) is 1. The molecule has 1 saturated heterocycles. The Bertz CT molecular complexity index is 1090. The molecular weight excluding hydrogens is 436 g/mol. The fourth-order valence-corrected chi connectivity index (χ4v) is 5.01. The number of nitrogens with zero attached hydrogens (tertiary/aromatic N) is 2. The van der Waals surface area contributed by atoms with E-state index in [0.717, 1.165) is 56.5 Å². The molecule has 3 aliphatic rings. The van der Waals surface area contributed by atoms with Crippen molar-refractivity contribution in [3.63, 3.8) is 0 Å². The first-order chi connectivity index (χ1) is 16.5. The molecule has 2 amide bonds. The number of halogens is 2. The van der Waals surface area contributed by atoms with Crippen LogP contribution in [0.2, 0.25) is 0 Å². The van der Waals surface area contributed by atoms with Gasteiger partial charge in [-0.3, -0.25) is 14.9 Å². The number of rotatable bonds is 7. The zero-order chi connectivity index (χ0) is 23.7. The highest BCUT2D eigenvalue weighted by atomic mass is 19.1. The highest BCUT2D eigenvalue weighted by molar-refractivity contribution is 5.88. The van der Waals surface area contributed by atoms with Crippen molar-refractivity contribution in [2.45, 2.75) is 37.8 Å². The largest absolute Gasteiger partial charge is 0.342 e. The molecule has 5 nitrogen and oxygen atoms in total. The summed E-state index contributed by atoms with van der Waals surface area (Å²) < 4.78 is 28.5. The minimum Gasteiger partial charge on any atom is -0.342 e. The number of hydrogen-bond acceptors (Lipinski definition) is 3. The lowest BCUT2D eigenvalue weighted by Crippen LogP contribution is -2.50. The Morgan fingerprint density at radius 3 is 2.47 bits per heavy atom. The standard InChI is InChI=1S/C27H29F2N3O2/c28-21-10-11-23(29)22(15-21)20-14-24(18-6-2-1-3-7-18)32(17-20)27(34)26(19-8-9-19)30-16-25(33)31-12-4-5-13-31/h1-3,6-7,10-11,14-15,19,24,26,30H,4-5,8-9,12-13,16-17H2/t24-,26-/m0/s1. The number of likely N-dealkylation sites (tertiary alicyclic amines) is 1. The summed E-state index contributed by atoms with van der Waals surface area (Å²) in [7, 11) is 0. The minimum absolute atomic E-state index is 0.0256. The molecule has 2 heterocycles. The van der Waals surface area contributed by atoms with E-state index < -0.39 is 17.7 Å². The van der Waals surface area contributed by atoms with Gasteiger partial charge in [0.1, 0.15) is 11.6 Å². The number of benzene rings is 2. The number of carbonyl (C=O) groups is 2. The summed E-state index contributed by atoms with van der Waals surface area (Å²) in [5, 5.41) is 3.24. The van der Waals surface area contributed by atoms with Gasteiger partial charge in [-0.25, -0.2) is 8.78 Å². The molecule has 1 N–H and O–H groups in total. The van der Waals surface area contributed by atoms with E-state index in [2.05, 4.69) is 5.32 Å². The van der Waals surface area contributed by atoms with E-state index in [1.54, 1.807) is 4.90 Å². The molecule has 2 aliphatic heterocycles. The second kappa shape index (κ2) is 9.66. The molecule has 2 fully saturated rings. The Hall–Kier alpha value is -3.06. The molecule has 2 aromatic carbocycles. The van der Waals surface area contributed by atoms with Crippen LogP contribution in [0, 0.1) is 17.6 Å². The maximum absolute atomic E-state index is 14.6. The monoisotopic (exact) mass is 465 g/mol. The highest BCUT2D eigenvalue weighted by Crippen LogP contribution is 2.39.